The van der Waals surface area contributed by atoms with E-state index in [9.17, 15) is 14.4 Å². The quantitative estimate of drug-likeness (QED) is 0.205. The Balaban J connectivity index is 1.75. The third kappa shape index (κ3) is 5.91. The zero-order valence-corrected chi connectivity index (χ0v) is 24.5. The summed E-state index contributed by atoms with van der Waals surface area (Å²) in [6.07, 6.45) is 1.61. The van der Waals surface area contributed by atoms with Gasteiger partial charge >= 0.3 is 0 Å². The number of hydrogen-bond donors (Lipinski definition) is 2. The van der Waals surface area contributed by atoms with Gasteiger partial charge < -0.3 is 5.32 Å². The maximum atomic E-state index is 13.9. The van der Waals surface area contributed by atoms with Gasteiger partial charge in [0, 0.05) is 25.1 Å². The monoisotopic (exact) mass is 676 g/mol. The minimum atomic E-state index is -0.551. The van der Waals surface area contributed by atoms with Crippen molar-refractivity contribution < 1.29 is 9.59 Å². The summed E-state index contributed by atoms with van der Waals surface area (Å²) >= 11 is 13.4. The molecule has 0 saturated carbocycles. The highest BCUT2D eigenvalue weighted by Gasteiger charge is 2.21. The summed E-state index contributed by atoms with van der Waals surface area (Å²) in [6, 6.07) is 27.5. The van der Waals surface area contributed by atoms with E-state index in [1.54, 1.807) is 103 Å². The van der Waals surface area contributed by atoms with Crippen LogP contribution >= 0.6 is 43.5 Å². The first kappa shape index (κ1) is 27.5. The zero-order chi connectivity index (χ0) is 28.2. The number of nitrogens with zero attached hydrogens (tertiary/aromatic N) is 2. The Kier molecular flexibility index (Phi) is 8.25. The normalized spacial score (nSPS) is 11.3. The van der Waals surface area contributed by atoms with Crippen LogP contribution < -0.4 is 16.3 Å². The van der Waals surface area contributed by atoms with Gasteiger partial charge in [0.05, 0.1) is 16.6 Å². The first-order valence-electron chi connectivity index (χ1n) is 11.9. The maximum Gasteiger partial charge on any atom is 0.280 e. The number of benzene rings is 4. The molecule has 7 nitrogen and oxygen atoms in total. The van der Waals surface area contributed by atoms with Gasteiger partial charge in [0.15, 0.2) is 5.82 Å². The lowest BCUT2D eigenvalue weighted by molar-refractivity contribution is 0.0973. The molecule has 0 unspecified atom stereocenters. The fraction of sp³-hybridized carbons (Fsp3) is 0. The minimum absolute atomic E-state index is 0.00555. The van der Waals surface area contributed by atoms with Crippen molar-refractivity contribution in [3.8, 4) is 0 Å². The van der Waals surface area contributed by atoms with E-state index < -0.39 is 17.4 Å². The molecule has 0 atom stereocenters. The molecule has 5 aromatic rings. The topological polar surface area (TPSA) is 93.1 Å². The first-order chi connectivity index (χ1) is 19.3. The highest BCUT2D eigenvalue weighted by Crippen LogP contribution is 2.27. The number of aromatic nitrogens is 2. The van der Waals surface area contributed by atoms with Crippen molar-refractivity contribution in [1.29, 1.82) is 0 Å². The largest absolute Gasteiger partial charge is 0.319 e. The predicted octanol–water partition coefficient (Wildman–Crippen LogP) is 6.89. The van der Waals surface area contributed by atoms with E-state index >= 15 is 0 Å². The highest BCUT2D eigenvalue weighted by atomic mass is 79.9. The molecule has 0 fully saturated rings. The van der Waals surface area contributed by atoms with Crippen molar-refractivity contribution in [3.63, 3.8) is 0 Å². The van der Waals surface area contributed by atoms with Crippen LogP contribution in [-0.4, -0.2) is 21.5 Å². The lowest BCUT2D eigenvalue weighted by atomic mass is 10.1. The number of halogens is 3. The van der Waals surface area contributed by atoms with Crippen molar-refractivity contribution in [2.24, 2.45) is 0 Å². The maximum absolute atomic E-state index is 13.9. The van der Waals surface area contributed by atoms with E-state index in [0.29, 0.717) is 36.2 Å². The summed E-state index contributed by atoms with van der Waals surface area (Å²) in [5.41, 5.74) is 3.89. The van der Waals surface area contributed by atoms with Crippen LogP contribution in [0, 0.1) is 0 Å². The summed E-state index contributed by atoms with van der Waals surface area (Å²) in [5.74, 6) is -0.983. The molecule has 198 valence electrons. The van der Waals surface area contributed by atoms with Crippen LogP contribution in [0.15, 0.2) is 111 Å². The van der Waals surface area contributed by atoms with Gasteiger partial charge in [-0.3, -0.25) is 19.8 Å². The summed E-state index contributed by atoms with van der Waals surface area (Å²) in [7, 11) is 0. The average molecular weight is 679 g/mol. The van der Waals surface area contributed by atoms with Gasteiger partial charge in [-0.05, 0) is 70.0 Å². The molecule has 4 aromatic carbocycles. The van der Waals surface area contributed by atoms with Gasteiger partial charge in [-0.15, -0.1) is 0 Å². The van der Waals surface area contributed by atoms with Crippen LogP contribution in [0.2, 0.25) is 5.02 Å². The Morgan fingerprint density at radius 2 is 1.43 bits per heavy atom. The van der Waals surface area contributed by atoms with Crippen LogP contribution in [0.3, 0.4) is 0 Å². The lowest BCUT2D eigenvalue weighted by Crippen LogP contribution is -2.38. The molecular weight excluding hydrogens is 660 g/mol. The molecule has 0 aliphatic carbocycles. The van der Waals surface area contributed by atoms with E-state index in [-0.39, 0.29) is 16.9 Å². The smallest absolute Gasteiger partial charge is 0.280 e. The summed E-state index contributed by atoms with van der Waals surface area (Å²) < 4.78 is 2.22. The molecule has 0 bridgehead atoms. The van der Waals surface area contributed by atoms with Crippen molar-refractivity contribution >= 4 is 78.0 Å². The van der Waals surface area contributed by atoms with Gasteiger partial charge in [0.25, 0.3) is 17.4 Å². The minimum Gasteiger partial charge on any atom is -0.319 e. The van der Waals surface area contributed by atoms with Gasteiger partial charge in [0.1, 0.15) is 0 Å². The predicted molar refractivity (Wildman–Crippen MR) is 165 cm³/mol. The number of carbonyl (C=O) groups is 2. The summed E-state index contributed by atoms with van der Waals surface area (Å²) in [4.78, 5) is 45.2. The zero-order valence-electron chi connectivity index (χ0n) is 20.6. The van der Waals surface area contributed by atoms with Crippen LogP contribution in [0.5, 0.6) is 0 Å². The molecule has 1 aromatic heterocycles. The molecule has 0 spiro atoms. The Bertz CT molecular complexity index is 1840. The summed E-state index contributed by atoms with van der Waals surface area (Å²) in [5, 5.41) is 3.53. The second-order valence-corrected chi connectivity index (χ2v) is 10.7. The molecule has 40 heavy (non-hydrogen) atoms. The standard InChI is InChI=1S/C30H19Br2ClN4O3/c31-21-16-22-26(23(32)17-21)35-27(37(30(22)40)36-29(39)19-11-5-2-6-12-19)25(15-20-13-7-8-14-24(20)33)34-28(38)18-9-3-1-4-10-18/h1-17H,(H,34,38)(H,36,39)/b25-15-. The molecule has 0 radical (unpaired) electrons. The summed E-state index contributed by atoms with van der Waals surface area (Å²) in [6.45, 7) is 0. The van der Waals surface area contributed by atoms with Gasteiger partial charge in [-0.1, -0.05) is 82.1 Å². The molecule has 0 aliphatic rings. The SMILES string of the molecule is O=C(N/C(=C\c1ccccc1Cl)c1nc2c(Br)cc(Br)cc2c(=O)n1NC(=O)c1ccccc1)c1ccccc1. The molecule has 0 saturated heterocycles. The van der Waals surface area contributed by atoms with Crippen molar-refractivity contribution in [2.45, 2.75) is 0 Å². The van der Waals surface area contributed by atoms with Gasteiger partial charge in [-0.2, -0.15) is 4.68 Å². The van der Waals surface area contributed by atoms with Crippen LogP contribution in [-0.2, 0) is 0 Å². The molecule has 2 N–H and O–H groups in total. The van der Waals surface area contributed by atoms with Gasteiger partial charge in [0.2, 0.25) is 0 Å². The van der Waals surface area contributed by atoms with Crippen molar-refractivity contribution in [3.05, 3.63) is 144 Å². The Labute approximate surface area is 250 Å². The molecule has 2 amide bonds. The van der Waals surface area contributed by atoms with Crippen molar-refractivity contribution in [2.75, 3.05) is 5.43 Å². The average Bonchev–Trinajstić information content (AvgIpc) is 2.96. The second kappa shape index (κ2) is 12.0. The van der Waals surface area contributed by atoms with E-state index in [0.717, 1.165) is 4.68 Å². The second-order valence-electron chi connectivity index (χ2n) is 8.57. The van der Waals surface area contributed by atoms with E-state index in [4.69, 9.17) is 16.6 Å². The van der Waals surface area contributed by atoms with Crippen LogP contribution in [0.25, 0.3) is 22.7 Å². The lowest BCUT2D eigenvalue weighted by Gasteiger charge is -2.18. The number of carbonyl (C=O) groups excluding carboxylic acids is 2. The van der Waals surface area contributed by atoms with Gasteiger partial charge in [-0.25, -0.2) is 4.98 Å². The Morgan fingerprint density at radius 3 is 2.08 bits per heavy atom. The number of nitrogens with one attached hydrogen (secondary N) is 2. The number of fused-ring (bicyclic) bond motifs is 1. The number of rotatable bonds is 6. The van der Waals surface area contributed by atoms with E-state index in [1.807, 2.05) is 0 Å². The molecule has 10 heteroatoms. The Morgan fingerprint density at radius 1 is 0.825 bits per heavy atom. The fourth-order valence-corrected chi connectivity index (χ4v) is 5.45. The molecule has 5 rings (SSSR count). The molecule has 0 aliphatic heterocycles. The third-order valence-electron chi connectivity index (χ3n) is 5.87. The Hall–Kier alpha value is -4.05. The van der Waals surface area contributed by atoms with Crippen molar-refractivity contribution in [1.82, 2.24) is 15.0 Å². The first-order valence-corrected chi connectivity index (χ1v) is 13.9. The molecule has 1 heterocycles. The fourth-order valence-electron chi connectivity index (χ4n) is 3.94. The number of hydrogen-bond acceptors (Lipinski definition) is 4. The van der Waals surface area contributed by atoms with Crippen LogP contribution in [0.1, 0.15) is 32.1 Å². The van der Waals surface area contributed by atoms with E-state index in [2.05, 4.69) is 42.6 Å². The van der Waals surface area contributed by atoms with E-state index in [1.165, 1.54) is 0 Å². The van der Waals surface area contributed by atoms with Crippen LogP contribution in [0.4, 0.5) is 0 Å². The highest BCUT2D eigenvalue weighted by molar-refractivity contribution is 9.11. The third-order valence-corrected chi connectivity index (χ3v) is 7.28. The number of amides is 2. The molecular formula is C30H19Br2ClN4O3.